The first-order chi connectivity index (χ1) is 6.96. The summed E-state index contributed by atoms with van der Waals surface area (Å²) in [5.41, 5.74) is 5.04. The molecule has 0 aliphatic carbocycles. The van der Waals surface area contributed by atoms with Crippen molar-refractivity contribution in [3.8, 4) is 0 Å². The number of aryl methyl sites for hydroxylation is 1. The highest BCUT2D eigenvalue weighted by molar-refractivity contribution is 5.48. The third-order valence-corrected chi connectivity index (χ3v) is 2.62. The molecular formula is C10H16N4O. The molecule has 82 valence electrons. The van der Waals surface area contributed by atoms with E-state index in [1.54, 1.807) is 6.07 Å². The minimum atomic E-state index is -0.617. The van der Waals surface area contributed by atoms with Gasteiger partial charge in [-0.25, -0.2) is 9.97 Å². The number of β-amino-alcohol motifs (C(OH)–C–C–N with tert-alkyl or cyclic N) is 1. The van der Waals surface area contributed by atoms with E-state index in [9.17, 15) is 5.11 Å². The van der Waals surface area contributed by atoms with Gasteiger partial charge in [0.15, 0.2) is 0 Å². The predicted molar refractivity (Wildman–Crippen MR) is 58.6 cm³/mol. The number of nitrogen functional groups attached to an aromatic ring is 1. The first-order valence-corrected chi connectivity index (χ1v) is 5.05. The Morgan fingerprint density at radius 1 is 1.53 bits per heavy atom. The van der Waals surface area contributed by atoms with Crippen molar-refractivity contribution in [2.45, 2.75) is 25.9 Å². The van der Waals surface area contributed by atoms with Crippen LogP contribution in [0.5, 0.6) is 0 Å². The highest BCUT2D eigenvalue weighted by Crippen LogP contribution is 2.25. The van der Waals surface area contributed by atoms with Gasteiger partial charge in [-0.05, 0) is 20.3 Å². The van der Waals surface area contributed by atoms with Crippen LogP contribution in [-0.2, 0) is 0 Å². The van der Waals surface area contributed by atoms with Crippen molar-refractivity contribution in [1.82, 2.24) is 9.97 Å². The molecule has 1 atom stereocenters. The number of hydrogen-bond donors (Lipinski definition) is 2. The van der Waals surface area contributed by atoms with Crippen LogP contribution in [0.4, 0.5) is 11.6 Å². The normalized spacial score (nSPS) is 25.9. The number of anilines is 2. The van der Waals surface area contributed by atoms with E-state index in [1.807, 2.05) is 18.7 Å². The largest absolute Gasteiger partial charge is 0.388 e. The van der Waals surface area contributed by atoms with Crippen LogP contribution in [0.1, 0.15) is 19.2 Å². The lowest BCUT2D eigenvalue weighted by atomic mass is 10.1. The zero-order valence-corrected chi connectivity index (χ0v) is 9.06. The maximum absolute atomic E-state index is 9.85. The quantitative estimate of drug-likeness (QED) is 0.695. The highest BCUT2D eigenvalue weighted by Gasteiger charge is 2.32. The summed E-state index contributed by atoms with van der Waals surface area (Å²) in [4.78, 5) is 10.4. The number of nitrogens with two attached hydrogens (primary N) is 1. The van der Waals surface area contributed by atoms with E-state index >= 15 is 0 Å². The Morgan fingerprint density at radius 3 is 2.80 bits per heavy atom. The minimum absolute atomic E-state index is 0.476. The molecule has 1 saturated heterocycles. The summed E-state index contributed by atoms with van der Waals surface area (Å²) in [6.07, 6.45) is 0.760. The van der Waals surface area contributed by atoms with Crippen LogP contribution in [-0.4, -0.2) is 33.8 Å². The van der Waals surface area contributed by atoms with Gasteiger partial charge >= 0.3 is 0 Å². The maximum Gasteiger partial charge on any atom is 0.134 e. The molecule has 0 spiro atoms. The lowest BCUT2D eigenvalue weighted by Crippen LogP contribution is -2.30. The molecule has 1 aromatic rings. The van der Waals surface area contributed by atoms with Gasteiger partial charge in [-0.3, -0.25) is 0 Å². The van der Waals surface area contributed by atoms with Crippen molar-refractivity contribution in [3.63, 3.8) is 0 Å². The average Bonchev–Trinajstić information content (AvgIpc) is 2.44. The Labute approximate surface area is 88.9 Å². The number of aliphatic hydroxyl groups is 1. The first kappa shape index (κ1) is 10.2. The van der Waals surface area contributed by atoms with Crippen molar-refractivity contribution in [2.24, 2.45) is 0 Å². The standard InChI is InChI=1S/C10H16N4O/c1-7-12-8(11)5-9(13-7)14-4-3-10(2,15)6-14/h5,15H,3-4,6H2,1-2H3,(H2,11,12,13). The number of nitrogens with zero attached hydrogens (tertiary/aromatic N) is 3. The highest BCUT2D eigenvalue weighted by atomic mass is 16.3. The van der Waals surface area contributed by atoms with Gasteiger partial charge in [0.05, 0.1) is 5.60 Å². The summed E-state index contributed by atoms with van der Waals surface area (Å²) in [7, 11) is 0. The number of hydrogen-bond acceptors (Lipinski definition) is 5. The van der Waals surface area contributed by atoms with E-state index < -0.39 is 5.60 Å². The van der Waals surface area contributed by atoms with E-state index in [0.29, 0.717) is 18.2 Å². The van der Waals surface area contributed by atoms with Gasteiger partial charge in [-0.15, -0.1) is 0 Å². The van der Waals surface area contributed by atoms with Gasteiger partial charge in [0, 0.05) is 19.2 Å². The van der Waals surface area contributed by atoms with Gasteiger partial charge < -0.3 is 15.7 Å². The summed E-state index contributed by atoms with van der Waals surface area (Å²) in [5.74, 6) is 1.94. The SMILES string of the molecule is Cc1nc(N)cc(N2CCC(C)(O)C2)n1. The molecule has 3 N–H and O–H groups in total. The summed E-state index contributed by atoms with van der Waals surface area (Å²) in [5, 5.41) is 9.85. The second-order valence-electron chi connectivity index (χ2n) is 4.37. The van der Waals surface area contributed by atoms with Crippen LogP contribution in [0.2, 0.25) is 0 Å². The zero-order valence-electron chi connectivity index (χ0n) is 9.06. The monoisotopic (exact) mass is 208 g/mol. The molecule has 2 heterocycles. The van der Waals surface area contributed by atoms with Crippen LogP contribution in [0, 0.1) is 6.92 Å². The molecule has 15 heavy (non-hydrogen) atoms. The molecule has 5 nitrogen and oxygen atoms in total. The Balaban J connectivity index is 2.24. The summed E-state index contributed by atoms with van der Waals surface area (Å²) in [6, 6.07) is 1.74. The van der Waals surface area contributed by atoms with Gasteiger partial charge in [0.2, 0.25) is 0 Å². The van der Waals surface area contributed by atoms with Crippen molar-refractivity contribution in [1.29, 1.82) is 0 Å². The molecule has 0 saturated carbocycles. The van der Waals surface area contributed by atoms with Gasteiger partial charge in [0.25, 0.3) is 0 Å². The zero-order chi connectivity index (χ0) is 11.1. The fourth-order valence-electron chi connectivity index (χ4n) is 1.88. The molecule has 0 radical (unpaired) electrons. The van der Waals surface area contributed by atoms with E-state index in [1.165, 1.54) is 0 Å². The maximum atomic E-state index is 9.85. The van der Waals surface area contributed by atoms with Gasteiger partial charge in [0.1, 0.15) is 17.5 Å². The minimum Gasteiger partial charge on any atom is -0.388 e. The lowest BCUT2D eigenvalue weighted by molar-refractivity contribution is 0.0839. The van der Waals surface area contributed by atoms with E-state index in [-0.39, 0.29) is 0 Å². The fraction of sp³-hybridized carbons (Fsp3) is 0.600. The molecular weight excluding hydrogens is 192 g/mol. The van der Waals surface area contributed by atoms with Crippen LogP contribution in [0.3, 0.4) is 0 Å². The van der Waals surface area contributed by atoms with Crippen LogP contribution >= 0.6 is 0 Å². The van der Waals surface area contributed by atoms with Crippen LogP contribution in [0.25, 0.3) is 0 Å². The Kier molecular flexibility index (Phi) is 2.26. The van der Waals surface area contributed by atoms with Crippen LogP contribution < -0.4 is 10.6 Å². The average molecular weight is 208 g/mol. The van der Waals surface area contributed by atoms with Crippen molar-refractivity contribution in [3.05, 3.63) is 11.9 Å². The van der Waals surface area contributed by atoms with Gasteiger partial charge in [-0.1, -0.05) is 0 Å². The molecule has 0 aromatic carbocycles. The van der Waals surface area contributed by atoms with Crippen LogP contribution in [0.15, 0.2) is 6.07 Å². The predicted octanol–water partition coefficient (Wildman–Crippen LogP) is 0.328. The second-order valence-corrected chi connectivity index (χ2v) is 4.37. The van der Waals surface area contributed by atoms with E-state index in [2.05, 4.69) is 9.97 Å². The van der Waals surface area contributed by atoms with Gasteiger partial charge in [-0.2, -0.15) is 0 Å². The molecule has 0 bridgehead atoms. The Bertz CT molecular complexity index is 357. The number of aromatic nitrogens is 2. The van der Waals surface area contributed by atoms with E-state index in [4.69, 9.17) is 5.73 Å². The van der Waals surface area contributed by atoms with E-state index in [0.717, 1.165) is 18.8 Å². The molecule has 1 aliphatic heterocycles. The Morgan fingerprint density at radius 2 is 2.27 bits per heavy atom. The molecule has 1 fully saturated rings. The summed E-state index contributed by atoms with van der Waals surface area (Å²) < 4.78 is 0. The smallest absolute Gasteiger partial charge is 0.134 e. The summed E-state index contributed by atoms with van der Waals surface area (Å²) in [6.45, 7) is 5.06. The molecule has 1 unspecified atom stereocenters. The topological polar surface area (TPSA) is 75.3 Å². The fourth-order valence-corrected chi connectivity index (χ4v) is 1.88. The van der Waals surface area contributed by atoms with Crippen molar-refractivity contribution < 1.29 is 5.11 Å². The van der Waals surface area contributed by atoms with Crippen molar-refractivity contribution >= 4 is 11.6 Å². The Hall–Kier alpha value is -1.36. The summed E-state index contributed by atoms with van der Waals surface area (Å²) >= 11 is 0. The molecule has 5 heteroatoms. The number of rotatable bonds is 1. The molecule has 1 aliphatic rings. The second kappa shape index (κ2) is 3.34. The first-order valence-electron chi connectivity index (χ1n) is 5.05. The third-order valence-electron chi connectivity index (χ3n) is 2.62. The lowest BCUT2D eigenvalue weighted by Gasteiger charge is -2.20. The molecule has 1 aromatic heterocycles. The molecule has 2 rings (SSSR count). The van der Waals surface area contributed by atoms with Crippen molar-refractivity contribution in [2.75, 3.05) is 23.7 Å². The third kappa shape index (κ3) is 2.18. The molecule has 0 amide bonds.